The summed E-state index contributed by atoms with van der Waals surface area (Å²) in [5.74, 6) is 0. The SMILES string of the molecule is CCn1nc(C)c(C(Cl)=NO)c1C. The van der Waals surface area contributed by atoms with Crippen LogP contribution in [-0.4, -0.2) is 20.2 Å². The molecule has 1 heterocycles. The first-order valence-electron chi connectivity index (χ1n) is 4.03. The molecule has 1 aromatic rings. The van der Waals surface area contributed by atoms with Crippen molar-refractivity contribution in [1.82, 2.24) is 9.78 Å². The van der Waals surface area contributed by atoms with Crippen LogP contribution in [0.2, 0.25) is 0 Å². The predicted octanol–water partition coefficient (Wildman–Crippen LogP) is 1.89. The van der Waals surface area contributed by atoms with Crippen LogP contribution in [0.25, 0.3) is 0 Å². The second-order valence-electron chi connectivity index (χ2n) is 2.75. The highest BCUT2D eigenvalue weighted by molar-refractivity contribution is 6.69. The van der Waals surface area contributed by atoms with E-state index in [0.717, 1.165) is 17.9 Å². The van der Waals surface area contributed by atoms with Gasteiger partial charge in [-0.1, -0.05) is 16.8 Å². The number of hydrogen-bond acceptors (Lipinski definition) is 3. The first-order valence-corrected chi connectivity index (χ1v) is 4.41. The number of halogens is 1. The molecule has 0 fully saturated rings. The molecule has 5 heteroatoms. The molecule has 1 N–H and O–H groups in total. The molecule has 0 unspecified atom stereocenters. The molecule has 0 atom stereocenters. The van der Waals surface area contributed by atoms with Gasteiger partial charge in [0.25, 0.3) is 0 Å². The van der Waals surface area contributed by atoms with Gasteiger partial charge in [0.2, 0.25) is 0 Å². The van der Waals surface area contributed by atoms with Crippen molar-refractivity contribution in [3.8, 4) is 0 Å². The van der Waals surface area contributed by atoms with Gasteiger partial charge in [-0.15, -0.1) is 0 Å². The number of nitrogens with zero attached hydrogens (tertiary/aromatic N) is 3. The second-order valence-corrected chi connectivity index (χ2v) is 3.11. The summed E-state index contributed by atoms with van der Waals surface area (Å²) < 4.78 is 1.82. The summed E-state index contributed by atoms with van der Waals surface area (Å²) in [5, 5.41) is 15.8. The molecule has 0 saturated heterocycles. The molecule has 0 spiro atoms. The van der Waals surface area contributed by atoms with E-state index < -0.39 is 0 Å². The molecule has 0 aromatic carbocycles. The number of oxime groups is 1. The van der Waals surface area contributed by atoms with Crippen LogP contribution in [0.15, 0.2) is 5.16 Å². The van der Waals surface area contributed by atoms with E-state index in [9.17, 15) is 0 Å². The van der Waals surface area contributed by atoms with E-state index in [0.29, 0.717) is 5.56 Å². The lowest BCUT2D eigenvalue weighted by molar-refractivity contribution is 0.320. The standard InChI is InChI=1S/C8H12ClN3O/c1-4-12-6(3)7(5(2)10-12)8(9)11-13/h13H,4H2,1-3H3. The number of aromatic nitrogens is 2. The van der Waals surface area contributed by atoms with Crippen molar-refractivity contribution >= 4 is 16.8 Å². The molecule has 1 aromatic heterocycles. The lowest BCUT2D eigenvalue weighted by Gasteiger charge is -1.99. The van der Waals surface area contributed by atoms with Crippen LogP contribution in [0, 0.1) is 13.8 Å². The van der Waals surface area contributed by atoms with E-state index in [4.69, 9.17) is 16.8 Å². The van der Waals surface area contributed by atoms with E-state index in [2.05, 4.69) is 10.3 Å². The molecule has 13 heavy (non-hydrogen) atoms. The Hall–Kier alpha value is -1.03. The minimum absolute atomic E-state index is 0.0923. The fraction of sp³-hybridized carbons (Fsp3) is 0.500. The van der Waals surface area contributed by atoms with Gasteiger partial charge in [0, 0.05) is 12.2 Å². The van der Waals surface area contributed by atoms with Crippen molar-refractivity contribution in [1.29, 1.82) is 0 Å². The largest absolute Gasteiger partial charge is 0.410 e. The van der Waals surface area contributed by atoms with Crippen molar-refractivity contribution in [3.63, 3.8) is 0 Å². The number of aryl methyl sites for hydroxylation is 2. The fourth-order valence-corrected chi connectivity index (χ4v) is 1.63. The molecular formula is C8H12ClN3O. The van der Waals surface area contributed by atoms with E-state index >= 15 is 0 Å². The van der Waals surface area contributed by atoms with Crippen molar-refractivity contribution < 1.29 is 5.21 Å². The van der Waals surface area contributed by atoms with Gasteiger partial charge >= 0.3 is 0 Å². The van der Waals surface area contributed by atoms with Gasteiger partial charge in [-0.05, 0) is 20.8 Å². The van der Waals surface area contributed by atoms with Gasteiger partial charge in [-0.25, -0.2) is 0 Å². The number of rotatable bonds is 2. The van der Waals surface area contributed by atoms with Gasteiger partial charge in [-0.2, -0.15) is 5.10 Å². The van der Waals surface area contributed by atoms with Crippen LogP contribution in [0.3, 0.4) is 0 Å². The van der Waals surface area contributed by atoms with Crippen LogP contribution >= 0.6 is 11.6 Å². The predicted molar refractivity (Wildman–Crippen MR) is 51.6 cm³/mol. The summed E-state index contributed by atoms with van der Waals surface area (Å²) in [4.78, 5) is 0. The average molecular weight is 202 g/mol. The summed E-state index contributed by atoms with van der Waals surface area (Å²) in [7, 11) is 0. The Balaban J connectivity index is 3.28. The zero-order chi connectivity index (χ0) is 10.0. The molecule has 0 aliphatic carbocycles. The third-order valence-electron chi connectivity index (χ3n) is 1.98. The van der Waals surface area contributed by atoms with Gasteiger partial charge < -0.3 is 5.21 Å². The molecule has 0 bridgehead atoms. The summed E-state index contributed by atoms with van der Waals surface area (Å²) in [6.45, 7) is 6.50. The van der Waals surface area contributed by atoms with Gasteiger partial charge in [0.05, 0.1) is 11.3 Å². The molecule has 4 nitrogen and oxygen atoms in total. The molecule has 0 aliphatic heterocycles. The van der Waals surface area contributed by atoms with Crippen molar-refractivity contribution in [3.05, 3.63) is 17.0 Å². The fourth-order valence-electron chi connectivity index (χ4n) is 1.35. The Morgan fingerprint density at radius 2 is 2.23 bits per heavy atom. The van der Waals surface area contributed by atoms with Crippen LogP contribution in [-0.2, 0) is 6.54 Å². The zero-order valence-corrected chi connectivity index (χ0v) is 8.63. The van der Waals surface area contributed by atoms with Crippen molar-refractivity contribution in [2.45, 2.75) is 27.3 Å². The second kappa shape index (κ2) is 3.79. The van der Waals surface area contributed by atoms with Gasteiger partial charge in [0.15, 0.2) is 5.17 Å². The van der Waals surface area contributed by atoms with E-state index in [1.807, 2.05) is 25.5 Å². The first kappa shape index (κ1) is 10.1. The Labute approximate surface area is 81.8 Å². The van der Waals surface area contributed by atoms with Crippen molar-refractivity contribution in [2.24, 2.45) is 5.16 Å². The Bertz CT molecular complexity index is 343. The van der Waals surface area contributed by atoms with E-state index in [1.165, 1.54) is 0 Å². The third-order valence-corrected chi connectivity index (χ3v) is 2.24. The summed E-state index contributed by atoms with van der Waals surface area (Å²) in [6.07, 6.45) is 0. The maximum absolute atomic E-state index is 8.54. The van der Waals surface area contributed by atoms with E-state index in [1.54, 1.807) is 0 Å². The third kappa shape index (κ3) is 1.67. The minimum Gasteiger partial charge on any atom is -0.410 e. The Morgan fingerprint density at radius 1 is 1.62 bits per heavy atom. The topological polar surface area (TPSA) is 50.4 Å². The van der Waals surface area contributed by atoms with Crippen LogP contribution in [0.5, 0.6) is 0 Å². The highest BCUT2D eigenvalue weighted by atomic mass is 35.5. The maximum Gasteiger partial charge on any atom is 0.179 e. The molecule has 0 saturated carbocycles. The summed E-state index contributed by atoms with van der Waals surface area (Å²) in [6, 6.07) is 0. The lowest BCUT2D eigenvalue weighted by atomic mass is 10.2. The first-order chi connectivity index (χ1) is 6.11. The maximum atomic E-state index is 8.54. The van der Waals surface area contributed by atoms with Crippen LogP contribution in [0.1, 0.15) is 23.9 Å². The molecule has 0 radical (unpaired) electrons. The molecular weight excluding hydrogens is 190 g/mol. The molecule has 0 aliphatic rings. The quantitative estimate of drug-likeness (QED) is 0.451. The molecule has 0 amide bonds. The summed E-state index contributed by atoms with van der Waals surface area (Å²) >= 11 is 5.72. The summed E-state index contributed by atoms with van der Waals surface area (Å²) in [5.41, 5.74) is 2.41. The number of hydrogen-bond donors (Lipinski definition) is 1. The van der Waals surface area contributed by atoms with Crippen LogP contribution < -0.4 is 0 Å². The zero-order valence-electron chi connectivity index (χ0n) is 7.87. The lowest BCUT2D eigenvalue weighted by Crippen LogP contribution is -2.00. The van der Waals surface area contributed by atoms with Crippen molar-refractivity contribution in [2.75, 3.05) is 0 Å². The monoisotopic (exact) mass is 201 g/mol. The molecule has 1 rings (SSSR count). The Morgan fingerprint density at radius 3 is 2.62 bits per heavy atom. The van der Waals surface area contributed by atoms with E-state index in [-0.39, 0.29) is 5.17 Å². The average Bonchev–Trinajstić information content (AvgIpc) is 2.40. The highest BCUT2D eigenvalue weighted by Crippen LogP contribution is 2.15. The highest BCUT2D eigenvalue weighted by Gasteiger charge is 2.14. The normalized spacial score (nSPS) is 12.2. The smallest absolute Gasteiger partial charge is 0.179 e. The molecule has 72 valence electrons. The van der Waals surface area contributed by atoms with Gasteiger partial charge in [0.1, 0.15) is 0 Å². The van der Waals surface area contributed by atoms with Crippen LogP contribution in [0.4, 0.5) is 0 Å². The Kier molecular flexibility index (Phi) is 2.93. The van der Waals surface area contributed by atoms with Gasteiger partial charge in [-0.3, -0.25) is 4.68 Å². The minimum atomic E-state index is 0.0923.